The SMILES string of the molecule is Fc1ccc2c(CNCc3ccc(CN(Cc4nc5ccccc5[nH]4)C4CCCc5cccnc54)cc3)c[nH]c2c1. The first-order valence-electron chi connectivity index (χ1n) is 14.3. The molecular weight excluding hydrogens is 511 g/mol. The molecule has 0 bridgehead atoms. The van der Waals surface area contributed by atoms with E-state index >= 15 is 0 Å². The van der Waals surface area contributed by atoms with Gasteiger partial charge < -0.3 is 15.3 Å². The van der Waals surface area contributed by atoms with Crippen molar-refractivity contribution in [2.75, 3.05) is 0 Å². The largest absolute Gasteiger partial charge is 0.361 e. The van der Waals surface area contributed by atoms with Crippen molar-refractivity contribution in [2.45, 2.75) is 51.5 Å². The zero-order chi connectivity index (χ0) is 27.6. The van der Waals surface area contributed by atoms with Crippen molar-refractivity contribution in [3.8, 4) is 0 Å². The quantitative estimate of drug-likeness (QED) is 0.184. The maximum absolute atomic E-state index is 13.5. The number of para-hydroxylation sites is 2. The average Bonchev–Trinajstić information content (AvgIpc) is 3.60. The van der Waals surface area contributed by atoms with Crippen molar-refractivity contribution in [3.05, 3.63) is 131 Å². The lowest BCUT2D eigenvalue weighted by atomic mass is 9.90. The number of hydrogen-bond acceptors (Lipinski definition) is 4. The molecular formula is C34H33FN6. The number of fused-ring (bicyclic) bond motifs is 3. The van der Waals surface area contributed by atoms with Crippen molar-refractivity contribution in [2.24, 2.45) is 0 Å². The van der Waals surface area contributed by atoms with Crippen LogP contribution in [0.15, 0.2) is 91.3 Å². The molecule has 41 heavy (non-hydrogen) atoms. The van der Waals surface area contributed by atoms with Gasteiger partial charge in [-0.25, -0.2) is 9.37 Å². The lowest BCUT2D eigenvalue weighted by Gasteiger charge is -2.34. The molecule has 3 N–H and O–H groups in total. The fraction of sp³-hybridized carbons (Fsp3) is 0.235. The van der Waals surface area contributed by atoms with Gasteiger partial charge in [-0.15, -0.1) is 0 Å². The number of benzene rings is 3. The molecule has 0 spiro atoms. The number of rotatable bonds is 9. The second kappa shape index (κ2) is 11.3. The lowest BCUT2D eigenvalue weighted by molar-refractivity contribution is 0.153. The number of aryl methyl sites for hydroxylation is 1. The highest BCUT2D eigenvalue weighted by Crippen LogP contribution is 2.34. The Kier molecular flexibility index (Phi) is 7.05. The molecule has 1 atom stereocenters. The van der Waals surface area contributed by atoms with Gasteiger partial charge in [0.05, 0.1) is 29.3 Å². The summed E-state index contributed by atoms with van der Waals surface area (Å²) in [5.41, 5.74) is 9.10. The summed E-state index contributed by atoms with van der Waals surface area (Å²) in [6, 6.07) is 26.5. The Morgan fingerprint density at radius 2 is 1.78 bits per heavy atom. The van der Waals surface area contributed by atoms with E-state index < -0.39 is 0 Å². The van der Waals surface area contributed by atoms with E-state index in [-0.39, 0.29) is 11.9 Å². The van der Waals surface area contributed by atoms with E-state index in [2.05, 4.69) is 68.7 Å². The van der Waals surface area contributed by atoms with Crippen molar-refractivity contribution < 1.29 is 4.39 Å². The van der Waals surface area contributed by atoms with Crippen LogP contribution < -0.4 is 5.32 Å². The highest BCUT2D eigenvalue weighted by molar-refractivity contribution is 5.83. The number of nitrogens with one attached hydrogen (secondary N) is 3. The molecule has 6 aromatic rings. The second-order valence-electron chi connectivity index (χ2n) is 11.0. The fourth-order valence-corrected chi connectivity index (χ4v) is 6.13. The van der Waals surface area contributed by atoms with Gasteiger partial charge in [-0.1, -0.05) is 42.5 Å². The first kappa shape index (κ1) is 25.6. The Labute approximate surface area is 238 Å². The molecule has 1 unspecified atom stereocenters. The van der Waals surface area contributed by atoms with Crippen LogP contribution in [0.1, 0.15) is 52.7 Å². The van der Waals surface area contributed by atoms with Crippen LogP contribution in [0.25, 0.3) is 21.9 Å². The number of aromatic amines is 2. The predicted octanol–water partition coefficient (Wildman–Crippen LogP) is 6.95. The van der Waals surface area contributed by atoms with Crippen molar-refractivity contribution in [1.29, 1.82) is 0 Å². The molecule has 3 heterocycles. The van der Waals surface area contributed by atoms with Crippen LogP contribution in [0.3, 0.4) is 0 Å². The summed E-state index contributed by atoms with van der Waals surface area (Å²) in [6.45, 7) is 3.02. The summed E-state index contributed by atoms with van der Waals surface area (Å²) in [4.78, 5) is 18.9. The standard InChI is InChI=1S/C34H33FN6/c35-27-14-15-28-26(20-38-31(28)17-27)19-36-18-23-10-12-24(13-11-23)21-41(22-33-39-29-7-1-2-8-30(29)40-33)32-9-3-5-25-6-4-16-37-34(25)32/h1-2,4,6-8,10-17,20,32,36,38H,3,5,9,18-19,21-22H2,(H,39,40). The van der Waals surface area contributed by atoms with E-state index in [4.69, 9.17) is 9.97 Å². The lowest BCUT2D eigenvalue weighted by Crippen LogP contribution is -2.31. The molecule has 0 aliphatic heterocycles. The molecule has 1 aliphatic carbocycles. The van der Waals surface area contributed by atoms with Crippen LogP contribution in [0.5, 0.6) is 0 Å². The minimum atomic E-state index is -0.223. The Morgan fingerprint density at radius 3 is 2.68 bits per heavy atom. The Bertz CT molecular complexity index is 1750. The molecule has 0 radical (unpaired) electrons. The van der Waals surface area contributed by atoms with Crippen LogP contribution >= 0.6 is 0 Å². The molecule has 0 saturated carbocycles. The van der Waals surface area contributed by atoms with Crippen molar-refractivity contribution >= 4 is 21.9 Å². The van der Waals surface area contributed by atoms with E-state index in [1.807, 2.05) is 30.6 Å². The minimum absolute atomic E-state index is 0.223. The summed E-state index contributed by atoms with van der Waals surface area (Å²) < 4.78 is 13.5. The Hall–Kier alpha value is -4.33. The van der Waals surface area contributed by atoms with Crippen LogP contribution in [0.4, 0.5) is 4.39 Å². The van der Waals surface area contributed by atoms with Gasteiger partial charge in [0.15, 0.2) is 0 Å². The number of aromatic nitrogens is 4. The first-order chi connectivity index (χ1) is 20.2. The third-order valence-corrected chi connectivity index (χ3v) is 8.18. The predicted molar refractivity (Wildman–Crippen MR) is 160 cm³/mol. The number of H-pyrrole nitrogens is 2. The molecule has 7 rings (SSSR count). The molecule has 7 heteroatoms. The maximum Gasteiger partial charge on any atom is 0.125 e. The monoisotopic (exact) mass is 544 g/mol. The number of hydrogen-bond donors (Lipinski definition) is 3. The molecule has 206 valence electrons. The van der Waals surface area contributed by atoms with E-state index in [9.17, 15) is 4.39 Å². The van der Waals surface area contributed by atoms with Crippen molar-refractivity contribution in [3.63, 3.8) is 0 Å². The van der Waals surface area contributed by atoms with E-state index in [0.717, 1.165) is 72.2 Å². The molecule has 0 saturated heterocycles. The molecule has 3 aromatic heterocycles. The van der Waals surface area contributed by atoms with Crippen LogP contribution in [0, 0.1) is 5.82 Å². The molecule has 0 fully saturated rings. The summed E-state index contributed by atoms with van der Waals surface area (Å²) in [5, 5.41) is 4.59. The van der Waals surface area contributed by atoms with Gasteiger partial charge in [0, 0.05) is 42.9 Å². The van der Waals surface area contributed by atoms with Gasteiger partial charge in [-0.3, -0.25) is 9.88 Å². The average molecular weight is 545 g/mol. The van der Waals surface area contributed by atoms with Gasteiger partial charge in [0.25, 0.3) is 0 Å². The first-order valence-corrected chi connectivity index (χ1v) is 14.3. The minimum Gasteiger partial charge on any atom is -0.361 e. The van der Waals surface area contributed by atoms with Crippen molar-refractivity contribution in [1.82, 2.24) is 30.2 Å². The van der Waals surface area contributed by atoms with Gasteiger partial charge in [-0.05, 0) is 77.9 Å². The number of nitrogens with zero attached hydrogens (tertiary/aromatic N) is 3. The maximum atomic E-state index is 13.5. The highest BCUT2D eigenvalue weighted by atomic mass is 19.1. The summed E-state index contributed by atoms with van der Waals surface area (Å²) in [7, 11) is 0. The molecule has 3 aromatic carbocycles. The number of pyridine rings is 1. The van der Waals surface area contributed by atoms with E-state index in [0.29, 0.717) is 6.54 Å². The van der Waals surface area contributed by atoms with Crippen LogP contribution in [0.2, 0.25) is 0 Å². The fourth-order valence-electron chi connectivity index (χ4n) is 6.13. The van der Waals surface area contributed by atoms with Gasteiger partial charge >= 0.3 is 0 Å². The zero-order valence-electron chi connectivity index (χ0n) is 22.9. The van der Waals surface area contributed by atoms with Crippen LogP contribution in [-0.4, -0.2) is 24.8 Å². The third-order valence-electron chi connectivity index (χ3n) is 8.18. The molecule has 6 nitrogen and oxygen atoms in total. The second-order valence-corrected chi connectivity index (χ2v) is 11.0. The zero-order valence-corrected chi connectivity index (χ0v) is 22.9. The summed E-state index contributed by atoms with van der Waals surface area (Å²) in [6.07, 6.45) is 7.22. The Morgan fingerprint density at radius 1 is 0.902 bits per heavy atom. The Balaban J connectivity index is 1.06. The summed E-state index contributed by atoms with van der Waals surface area (Å²) >= 11 is 0. The normalized spacial score (nSPS) is 15.1. The van der Waals surface area contributed by atoms with E-state index in [1.165, 1.54) is 34.5 Å². The molecule has 0 amide bonds. The van der Waals surface area contributed by atoms with Gasteiger partial charge in [0.2, 0.25) is 0 Å². The summed E-state index contributed by atoms with van der Waals surface area (Å²) in [5.74, 6) is 0.758. The van der Waals surface area contributed by atoms with Gasteiger partial charge in [0.1, 0.15) is 11.6 Å². The highest BCUT2D eigenvalue weighted by Gasteiger charge is 2.28. The number of imidazole rings is 1. The van der Waals surface area contributed by atoms with E-state index in [1.54, 1.807) is 0 Å². The smallest absolute Gasteiger partial charge is 0.125 e. The number of halogens is 1. The van der Waals surface area contributed by atoms with Gasteiger partial charge in [-0.2, -0.15) is 0 Å². The topological polar surface area (TPSA) is 72.6 Å². The molecule has 1 aliphatic rings. The third kappa shape index (κ3) is 5.51. The van der Waals surface area contributed by atoms with Crippen LogP contribution in [-0.2, 0) is 32.6 Å².